The molecular formula is C16H14ClNO4. The number of halogens is 1. The molecular weight excluding hydrogens is 306 g/mol. The summed E-state index contributed by atoms with van der Waals surface area (Å²) in [7, 11) is 1.54. The molecule has 0 radical (unpaired) electrons. The number of hydrogen-bond donors (Lipinski definition) is 0. The van der Waals surface area contributed by atoms with Crippen molar-refractivity contribution < 1.29 is 19.1 Å². The number of pyridine rings is 1. The predicted octanol–water partition coefficient (Wildman–Crippen LogP) is 3.17. The summed E-state index contributed by atoms with van der Waals surface area (Å²) in [5.74, 6) is -0.276. The minimum Gasteiger partial charge on any atom is -0.497 e. The Balaban J connectivity index is 2.05. The highest BCUT2D eigenvalue weighted by Crippen LogP contribution is 2.15. The van der Waals surface area contributed by atoms with Crippen molar-refractivity contribution >= 4 is 23.4 Å². The summed E-state index contributed by atoms with van der Waals surface area (Å²) in [4.78, 5) is 28.0. The van der Waals surface area contributed by atoms with Gasteiger partial charge in [0.15, 0.2) is 6.10 Å². The third-order valence-electron chi connectivity index (χ3n) is 2.99. The van der Waals surface area contributed by atoms with Gasteiger partial charge in [-0.3, -0.25) is 4.79 Å². The molecule has 114 valence electrons. The third-order valence-corrected chi connectivity index (χ3v) is 3.20. The van der Waals surface area contributed by atoms with E-state index in [0.717, 1.165) is 0 Å². The first kappa shape index (κ1) is 16.0. The Morgan fingerprint density at radius 2 is 1.82 bits per heavy atom. The highest BCUT2D eigenvalue weighted by atomic mass is 35.5. The van der Waals surface area contributed by atoms with Crippen LogP contribution in [0.25, 0.3) is 0 Å². The average molecular weight is 320 g/mol. The molecule has 22 heavy (non-hydrogen) atoms. The fraction of sp³-hybridized carbons (Fsp3) is 0.188. The molecule has 0 saturated carbocycles. The van der Waals surface area contributed by atoms with Gasteiger partial charge in [-0.25, -0.2) is 9.78 Å². The van der Waals surface area contributed by atoms with Crippen LogP contribution in [-0.2, 0) is 4.74 Å². The first-order chi connectivity index (χ1) is 10.5. The molecule has 0 aliphatic carbocycles. The number of ether oxygens (including phenoxy) is 2. The zero-order chi connectivity index (χ0) is 16.1. The smallest absolute Gasteiger partial charge is 0.339 e. The van der Waals surface area contributed by atoms with E-state index in [0.29, 0.717) is 11.3 Å². The van der Waals surface area contributed by atoms with E-state index >= 15 is 0 Å². The molecule has 0 amide bonds. The van der Waals surface area contributed by atoms with Crippen LogP contribution in [0, 0.1) is 0 Å². The highest BCUT2D eigenvalue weighted by Gasteiger charge is 2.20. The van der Waals surface area contributed by atoms with Gasteiger partial charge >= 0.3 is 5.97 Å². The maximum atomic E-state index is 12.2. The maximum absolute atomic E-state index is 12.2. The van der Waals surface area contributed by atoms with Crippen molar-refractivity contribution in [3.05, 3.63) is 58.9 Å². The quantitative estimate of drug-likeness (QED) is 0.481. The lowest BCUT2D eigenvalue weighted by molar-refractivity contribution is 0.0318. The van der Waals surface area contributed by atoms with E-state index in [1.807, 2.05) is 0 Å². The molecule has 1 atom stereocenters. The number of nitrogens with zero attached hydrogens (tertiary/aromatic N) is 1. The Morgan fingerprint density at radius 3 is 2.41 bits per heavy atom. The second-order valence-corrected chi connectivity index (χ2v) is 4.89. The number of ketones is 1. The molecule has 0 aliphatic rings. The zero-order valence-corrected chi connectivity index (χ0v) is 12.8. The minimum atomic E-state index is -0.909. The van der Waals surface area contributed by atoms with Crippen LogP contribution >= 0.6 is 11.6 Å². The summed E-state index contributed by atoms with van der Waals surface area (Å²) in [6.07, 6.45) is 0.488. The number of rotatable bonds is 5. The zero-order valence-electron chi connectivity index (χ0n) is 12.1. The monoisotopic (exact) mass is 319 g/mol. The Bertz CT molecular complexity index is 685. The fourth-order valence-electron chi connectivity index (χ4n) is 1.80. The molecule has 0 saturated heterocycles. The molecule has 1 aromatic carbocycles. The molecule has 2 rings (SSSR count). The van der Waals surface area contributed by atoms with Crippen LogP contribution in [0.1, 0.15) is 27.6 Å². The van der Waals surface area contributed by atoms with Crippen molar-refractivity contribution in [2.75, 3.05) is 7.11 Å². The number of hydrogen-bond acceptors (Lipinski definition) is 5. The molecule has 0 N–H and O–H groups in total. The second kappa shape index (κ2) is 7.04. The van der Waals surface area contributed by atoms with Gasteiger partial charge in [-0.05, 0) is 43.3 Å². The van der Waals surface area contributed by atoms with Crippen molar-refractivity contribution in [2.45, 2.75) is 13.0 Å². The summed E-state index contributed by atoms with van der Waals surface area (Å²) < 4.78 is 10.2. The van der Waals surface area contributed by atoms with Crippen LogP contribution in [0.4, 0.5) is 0 Å². The molecule has 0 bridgehead atoms. The van der Waals surface area contributed by atoms with Gasteiger partial charge in [0, 0.05) is 11.8 Å². The highest BCUT2D eigenvalue weighted by molar-refractivity contribution is 6.29. The van der Waals surface area contributed by atoms with E-state index in [9.17, 15) is 9.59 Å². The molecule has 6 heteroatoms. The number of esters is 1. The molecule has 0 fully saturated rings. The lowest BCUT2D eigenvalue weighted by Crippen LogP contribution is -2.24. The van der Waals surface area contributed by atoms with Gasteiger partial charge in [-0.2, -0.15) is 0 Å². The van der Waals surface area contributed by atoms with Crippen molar-refractivity contribution in [1.82, 2.24) is 4.98 Å². The fourth-order valence-corrected chi connectivity index (χ4v) is 1.98. The van der Waals surface area contributed by atoms with E-state index < -0.39 is 12.1 Å². The molecule has 5 nitrogen and oxygen atoms in total. The summed E-state index contributed by atoms with van der Waals surface area (Å²) in [5.41, 5.74) is 0.684. The summed E-state index contributed by atoms with van der Waals surface area (Å²) in [6, 6.07) is 9.44. The van der Waals surface area contributed by atoms with Crippen LogP contribution in [-0.4, -0.2) is 30.0 Å². The van der Waals surface area contributed by atoms with Gasteiger partial charge in [0.05, 0.1) is 12.7 Å². The Hall–Kier alpha value is -2.40. The number of Topliss-reactive ketones (excluding diaryl/α,β-unsaturated/α-hetero) is 1. The molecule has 0 spiro atoms. The lowest BCUT2D eigenvalue weighted by atomic mass is 10.1. The Labute approximate surface area is 132 Å². The summed E-state index contributed by atoms with van der Waals surface area (Å²) in [6.45, 7) is 1.52. The largest absolute Gasteiger partial charge is 0.497 e. The SMILES string of the molecule is COc1ccc(C(=O)C(C)OC(=O)c2ccnc(Cl)c2)cc1. The number of methoxy groups -OCH3 is 1. The number of aromatic nitrogens is 1. The van der Waals surface area contributed by atoms with Gasteiger partial charge in [-0.15, -0.1) is 0 Å². The summed E-state index contributed by atoms with van der Waals surface area (Å²) >= 11 is 5.71. The van der Waals surface area contributed by atoms with Crippen LogP contribution < -0.4 is 4.74 Å². The van der Waals surface area contributed by atoms with Gasteiger partial charge < -0.3 is 9.47 Å². The van der Waals surface area contributed by atoms with E-state index in [1.54, 1.807) is 31.4 Å². The standard InChI is InChI=1S/C16H14ClNO4/c1-10(15(19)11-3-5-13(21-2)6-4-11)22-16(20)12-7-8-18-14(17)9-12/h3-10H,1-2H3. The van der Waals surface area contributed by atoms with Crippen molar-refractivity contribution in [3.8, 4) is 5.75 Å². The maximum Gasteiger partial charge on any atom is 0.339 e. The average Bonchev–Trinajstić information content (AvgIpc) is 2.54. The first-order valence-corrected chi connectivity index (χ1v) is 6.90. The van der Waals surface area contributed by atoms with Crippen molar-refractivity contribution in [3.63, 3.8) is 0 Å². The first-order valence-electron chi connectivity index (χ1n) is 6.52. The topological polar surface area (TPSA) is 65.5 Å². The van der Waals surface area contributed by atoms with Crippen molar-refractivity contribution in [2.24, 2.45) is 0 Å². The third kappa shape index (κ3) is 3.83. The molecule has 2 aromatic rings. The van der Waals surface area contributed by atoms with Crippen LogP contribution in [0.5, 0.6) is 5.75 Å². The lowest BCUT2D eigenvalue weighted by Gasteiger charge is -2.12. The number of carbonyl (C=O) groups excluding carboxylic acids is 2. The van der Waals surface area contributed by atoms with Crippen LogP contribution in [0.15, 0.2) is 42.6 Å². The molecule has 1 unspecified atom stereocenters. The van der Waals surface area contributed by atoms with E-state index in [-0.39, 0.29) is 16.5 Å². The second-order valence-electron chi connectivity index (χ2n) is 4.51. The van der Waals surface area contributed by atoms with Crippen LogP contribution in [0.3, 0.4) is 0 Å². The molecule has 1 aromatic heterocycles. The summed E-state index contributed by atoms with van der Waals surface area (Å²) in [5, 5.41) is 0.184. The predicted molar refractivity (Wildman–Crippen MR) is 81.4 cm³/mol. The van der Waals surface area contributed by atoms with E-state index in [1.165, 1.54) is 25.3 Å². The van der Waals surface area contributed by atoms with Gasteiger partial charge in [0.1, 0.15) is 10.9 Å². The number of carbonyl (C=O) groups is 2. The van der Waals surface area contributed by atoms with Crippen LogP contribution in [0.2, 0.25) is 5.15 Å². The van der Waals surface area contributed by atoms with Gasteiger partial charge in [-0.1, -0.05) is 11.6 Å². The van der Waals surface area contributed by atoms with E-state index in [2.05, 4.69) is 4.98 Å². The molecule has 1 heterocycles. The Kier molecular flexibility index (Phi) is 5.12. The normalized spacial score (nSPS) is 11.6. The minimum absolute atomic E-state index is 0.184. The van der Waals surface area contributed by atoms with E-state index in [4.69, 9.17) is 21.1 Å². The van der Waals surface area contributed by atoms with Gasteiger partial charge in [0.2, 0.25) is 5.78 Å². The number of benzene rings is 1. The van der Waals surface area contributed by atoms with Gasteiger partial charge in [0.25, 0.3) is 0 Å². The van der Waals surface area contributed by atoms with Crippen molar-refractivity contribution in [1.29, 1.82) is 0 Å². The Morgan fingerprint density at radius 1 is 1.14 bits per heavy atom. The molecule has 0 aliphatic heterocycles.